The number of nitrogens with one attached hydrogen (secondary N) is 1. The van der Waals surface area contributed by atoms with Crippen LogP contribution in [0.15, 0.2) is 48.5 Å². The third kappa shape index (κ3) is 2.36. The molecular formula is C20H23N2O+. The van der Waals surface area contributed by atoms with E-state index in [1.54, 1.807) is 4.90 Å². The fourth-order valence-corrected chi connectivity index (χ4v) is 4.18. The Balaban J connectivity index is 1.79. The van der Waals surface area contributed by atoms with Crippen LogP contribution in [0.1, 0.15) is 33.8 Å². The molecule has 23 heavy (non-hydrogen) atoms. The molecule has 0 spiro atoms. The van der Waals surface area contributed by atoms with Crippen LogP contribution in [0.25, 0.3) is 0 Å². The van der Waals surface area contributed by atoms with Crippen LogP contribution in [0.4, 0.5) is 5.69 Å². The van der Waals surface area contributed by atoms with Crippen molar-refractivity contribution in [2.45, 2.75) is 25.3 Å². The Morgan fingerprint density at radius 1 is 1.17 bits per heavy atom. The van der Waals surface area contributed by atoms with Crippen molar-refractivity contribution in [3.05, 3.63) is 65.2 Å². The van der Waals surface area contributed by atoms with E-state index in [2.05, 4.69) is 37.1 Å². The Morgan fingerprint density at radius 3 is 2.74 bits per heavy atom. The first-order valence-corrected chi connectivity index (χ1v) is 8.45. The number of carbonyl (C=O) groups excluding carboxylic acids is 1. The number of hydrogen-bond donors (Lipinski definition) is 1. The van der Waals surface area contributed by atoms with Gasteiger partial charge in [0.25, 0.3) is 5.91 Å². The van der Waals surface area contributed by atoms with Crippen LogP contribution in [-0.2, 0) is 0 Å². The van der Waals surface area contributed by atoms with Crippen LogP contribution in [0.5, 0.6) is 0 Å². The number of piperidine rings is 1. The second-order valence-corrected chi connectivity index (χ2v) is 6.98. The molecule has 3 nitrogen and oxygen atoms in total. The first-order chi connectivity index (χ1) is 11.1. The summed E-state index contributed by atoms with van der Waals surface area (Å²) in [5.74, 6) is 0.606. The summed E-state index contributed by atoms with van der Waals surface area (Å²) in [6.45, 7) is 4.38. The van der Waals surface area contributed by atoms with E-state index in [4.69, 9.17) is 0 Å². The third-order valence-corrected chi connectivity index (χ3v) is 5.31. The van der Waals surface area contributed by atoms with Crippen LogP contribution < -0.4 is 9.80 Å². The number of nitrogens with zero attached hydrogens (tertiary/aromatic N) is 1. The van der Waals surface area contributed by atoms with E-state index in [1.165, 1.54) is 11.1 Å². The van der Waals surface area contributed by atoms with Gasteiger partial charge in [0, 0.05) is 17.7 Å². The zero-order valence-electron chi connectivity index (χ0n) is 13.8. The molecule has 2 aromatic carbocycles. The number of likely N-dealkylation sites (tertiary alicyclic amines) is 1. The summed E-state index contributed by atoms with van der Waals surface area (Å²) in [6.07, 6.45) is 1.07. The van der Waals surface area contributed by atoms with Gasteiger partial charge >= 0.3 is 0 Å². The minimum atomic E-state index is 0.141. The fourth-order valence-electron chi connectivity index (χ4n) is 4.18. The number of fused-ring (bicyclic) bond motifs is 3. The highest BCUT2D eigenvalue weighted by molar-refractivity contribution is 6.08. The molecule has 3 unspecified atom stereocenters. The number of anilines is 1. The zero-order valence-corrected chi connectivity index (χ0v) is 13.8. The summed E-state index contributed by atoms with van der Waals surface area (Å²) in [5, 5.41) is 0. The normalized spacial score (nSPS) is 25.8. The van der Waals surface area contributed by atoms with Crippen molar-refractivity contribution in [2.75, 3.05) is 25.0 Å². The lowest BCUT2D eigenvalue weighted by molar-refractivity contribution is -0.886. The van der Waals surface area contributed by atoms with Gasteiger partial charge in [-0.3, -0.25) is 4.79 Å². The lowest BCUT2D eigenvalue weighted by atomic mass is 9.88. The molecule has 0 aliphatic carbocycles. The van der Waals surface area contributed by atoms with Crippen LogP contribution in [0.2, 0.25) is 0 Å². The summed E-state index contributed by atoms with van der Waals surface area (Å²) in [7, 11) is 2.26. The smallest absolute Gasteiger partial charge is 0.258 e. The van der Waals surface area contributed by atoms with Gasteiger partial charge in [-0.2, -0.15) is 0 Å². The first kappa shape index (κ1) is 14.5. The van der Waals surface area contributed by atoms with E-state index >= 15 is 0 Å². The van der Waals surface area contributed by atoms with E-state index in [0.717, 1.165) is 30.8 Å². The van der Waals surface area contributed by atoms with Crippen molar-refractivity contribution >= 4 is 11.6 Å². The number of carbonyl (C=O) groups is 1. The number of quaternary nitrogens is 1. The summed E-state index contributed by atoms with van der Waals surface area (Å²) in [5.41, 5.74) is 4.54. The average Bonchev–Trinajstić information content (AvgIpc) is 2.88. The van der Waals surface area contributed by atoms with Crippen molar-refractivity contribution in [3.63, 3.8) is 0 Å². The Morgan fingerprint density at radius 2 is 1.96 bits per heavy atom. The monoisotopic (exact) mass is 307 g/mol. The lowest BCUT2D eigenvalue weighted by Gasteiger charge is -2.34. The summed E-state index contributed by atoms with van der Waals surface area (Å²) < 4.78 is 0. The van der Waals surface area contributed by atoms with Crippen LogP contribution >= 0.6 is 0 Å². The summed E-state index contributed by atoms with van der Waals surface area (Å²) in [4.78, 5) is 16.8. The molecule has 0 saturated carbocycles. The van der Waals surface area contributed by atoms with Crippen LogP contribution in [0, 0.1) is 6.92 Å². The van der Waals surface area contributed by atoms with Gasteiger partial charge in [0.05, 0.1) is 32.1 Å². The topological polar surface area (TPSA) is 24.8 Å². The van der Waals surface area contributed by atoms with E-state index in [0.29, 0.717) is 12.0 Å². The maximum atomic E-state index is 13.2. The third-order valence-electron chi connectivity index (χ3n) is 5.31. The molecule has 1 N–H and O–H groups in total. The Hall–Kier alpha value is -2.13. The van der Waals surface area contributed by atoms with E-state index in [9.17, 15) is 4.79 Å². The molecule has 118 valence electrons. The molecule has 0 aromatic heterocycles. The Bertz CT molecular complexity index is 741. The average molecular weight is 307 g/mol. The number of benzene rings is 2. The number of likely N-dealkylation sites (N-methyl/N-ethyl adjacent to an activating group) is 1. The fraction of sp³-hybridized carbons (Fsp3) is 0.350. The van der Waals surface area contributed by atoms with Crippen molar-refractivity contribution in [3.8, 4) is 0 Å². The SMILES string of the molecule is Cc1ccc2c(c1)C1C[NH+](C)CCC1N2C(=O)c1ccccc1. The number of hydrogen-bond acceptors (Lipinski definition) is 1. The molecule has 2 aliphatic heterocycles. The molecular weight excluding hydrogens is 284 g/mol. The van der Waals surface area contributed by atoms with Crippen molar-refractivity contribution in [1.82, 2.24) is 0 Å². The molecule has 2 aromatic rings. The van der Waals surface area contributed by atoms with Gasteiger partial charge in [-0.25, -0.2) is 0 Å². The van der Waals surface area contributed by atoms with Gasteiger partial charge in [0.1, 0.15) is 0 Å². The molecule has 1 fully saturated rings. The van der Waals surface area contributed by atoms with Crippen molar-refractivity contribution in [1.29, 1.82) is 0 Å². The predicted octanol–water partition coefficient (Wildman–Crippen LogP) is 2.03. The van der Waals surface area contributed by atoms with Gasteiger partial charge in [-0.05, 0) is 30.7 Å². The Labute approximate surface area is 137 Å². The van der Waals surface area contributed by atoms with Gasteiger partial charge in [-0.15, -0.1) is 0 Å². The molecule has 4 rings (SSSR count). The summed E-state index contributed by atoms with van der Waals surface area (Å²) in [6, 6.07) is 16.5. The number of amides is 1. The van der Waals surface area contributed by atoms with Crippen LogP contribution in [-0.4, -0.2) is 32.1 Å². The van der Waals surface area contributed by atoms with Gasteiger partial charge in [0.15, 0.2) is 0 Å². The molecule has 2 heterocycles. The zero-order chi connectivity index (χ0) is 16.0. The largest absolute Gasteiger partial charge is 0.337 e. The maximum absolute atomic E-state index is 13.2. The molecule has 2 aliphatic rings. The molecule has 1 saturated heterocycles. The van der Waals surface area contributed by atoms with Crippen LogP contribution in [0.3, 0.4) is 0 Å². The molecule has 3 heteroatoms. The predicted molar refractivity (Wildman–Crippen MR) is 92.2 cm³/mol. The van der Waals surface area contributed by atoms with Gasteiger partial charge in [0.2, 0.25) is 0 Å². The number of aryl methyl sites for hydroxylation is 1. The van der Waals surface area contributed by atoms with Gasteiger partial charge in [-0.1, -0.05) is 35.9 Å². The molecule has 0 radical (unpaired) electrons. The first-order valence-electron chi connectivity index (χ1n) is 8.45. The molecule has 1 amide bonds. The van der Waals surface area contributed by atoms with Crippen molar-refractivity contribution < 1.29 is 9.69 Å². The van der Waals surface area contributed by atoms with E-state index < -0.39 is 0 Å². The second-order valence-electron chi connectivity index (χ2n) is 6.98. The highest BCUT2D eigenvalue weighted by atomic mass is 16.2. The standard InChI is InChI=1S/C20H22N2O/c1-14-8-9-18-16(12-14)17-13-21(2)11-10-19(17)22(18)20(23)15-6-4-3-5-7-15/h3-9,12,17,19H,10-11,13H2,1-2H3/p+1. The minimum absolute atomic E-state index is 0.141. The molecule has 3 atom stereocenters. The molecule has 0 bridgehead atoms. The lowest BCUT2D eigenvalue weighted by Crippen LogP contribution is -3.11. The van der Waals surface area contributed by atoms with Crippen molar-refractivity contribution in [2.24, 2.45) is 0 Å². The number of rotatable bonds is 1. The minimum Gasteiger partial charge on any atom is -0.337 e. The maximum Gasteiger partial charge on any atom is 0.258 e. The van der Waals surface area contributed by atoms with E-state index in [-0.39, 0.29) is 5.91 Å². The quantitative estimate of drug-likeness (QED) is 0.857. The highest BCUT2D eigenvalue weighted by Gasteiger charge is 2.45. The Kier molecular flexibility index (Phi) is 3.46. The van der Waals surface area contributed by atoms with Gasteiger partial charge < -0.3 is 9.80 Å². The van der Waals surface area contributed by atoms with E-state index in [1.807, 2.05) is 30.3 Å². The summed E-state index contributed by atoms with van der Waals surface area (Å²) >= 11 is 0. The highest BCUT2D eigenvalue weighted by Crippen LogP contribution is 2.43. The second kappa shape index (κ2) is 5.50.